The molecule has 0 aromatic rings. The van der Waals surface area contributed by atoms with Gasteiger partial charge < -0.3 is 38.4 Å². The topological polar surface area (TPSA) is 158 Å². The Balaban J connectivity index is 3.67. The van der Waals surface area contributed by atoms with Crippen molar-refractivity contribution in [2.24, 2.45) is 0 Å². The van der Waals surface area contributed by atoms with Gasteiger partial charge in [0.1, 0.15) is 0 Å². The molecule has 0 saturated carbocycles. The molecule has 0 aliphatic heterocycles. The largest absolute Gasteiger partial charge is 0.337 e. The average Bonchev–Trinajstić information content (AvgIpc) is 2.12. The van der Waals surface area contributed by atoms with Gasteiger partial charge in [0.05, 0.1) is 12.7 Å². The normalized spacial score (nSPS) is 17.5. The number of rotatable bonds is 9. The maximum Gasteiger partial charge on any atom is 0.337 e. The van der Waals surface area contributed by atoms with Gasteiger partial charge in [0.25, 0.3) is 0 Å². The summed E-state index contributed by atoms with van der Waals surface area (Å²) in [5.41, 5.74) is 0. The first-order valence-electron chi connectivity index (χ1n) is 3.81. The molecule has 0 aliphatic carbocycles. The van der Waals surface area contributed by atoms with E-state index in [4.69, 9.17) is 33.9 Å². The molecule has 0 aliphatic rings. The molecule has 3 unspecified atom stereocenters. The first kappa shape index (κ1) is 18.3. The van der Waals surface area contributed by atoms with Gasteiger partial charge in [-0.1, -0.05) is 0 Å². The third-order valence-electron chi connectivity index (χ3n) is 0.976. The molecule has 3 atom stereocenters. The summed E-state index contributed by atoms with van der Waals surface area (Å²) in [5, 5.41) is 0. The van der Waals surface area contributed by atoms with Gasteiger partial charge in [-0.3, -0.25) is 0 Å². The summed E-state index contributed by atoms with van der Waals surface area (Å²) < 4.78 is 17.6. The van der Waals surface area contributed by atoms with Crippen LogP contribution in [-0.2, 0) is 17.7 Å². The quantitative estimate of drug-likeness (QED) is 0.324. The minimum atomic E-state index is -2.72. The lowest BCUT2D eigenvalue weighted by Crippen LogP contribution is -2.12. The molecule has 0 fully saturated rings. The Labute approximate surface area is 102 Å². The molecule has 0 aromatic carbocycles. The first-order valence-corrected chi connectivity index (χ1v) is 8.40. The Hall–Kier alpha value is 1.32. The van der Waals surface area contributed by atoms with Crippen LogP contribution in [0.2, 0.25) is 0 Å². The van der Waals surface area contributed by atoms with Crippen LogP contribution in [0.15, 0.2) is 0 Å². The molecule has 0 heterocycles. The molecule has 14 heteroatoms. The third-order valence-corrected chi connectivity index (χ3v) is 4.17. The molecule has 0 bridgehead atoms. The molecule has 0 amide bonds. The Morgan fingerprint density at radius 1 is 0.882 bits per heavy atom. The Bertz CT molecular complexity index is 192. The molecule has 0 spiro atoms. The van der Waals surface area contributed by atoms with Crippen molar-refractivity contribution in [1.82, 2.24) is 0 Å². The zero-order chi connectivity index (χ0) is 13.4. The Morgan fingerprint density at radius 2 is 1.35 bits per heavy atom. The van der Waals surface area contributed by atoms with Gasteiger partial charge in [0.2, 0.25) is 0 Å². The SMILES string of the molecule is CC(COP(O)OP(O)O)OP(O)OP(O)O. The van der Waals surface area contributed by atoms with Crippen molar-refractivity contribution in [2.75, 3.05) is 6.61 Å². The van der Waals surface area contributed by atoms with Gasteiger partial charge in [0, 0.05) is 0 Å². The minimum absolute atomic E-state index is 0.233. The molecule has 0 radical (unpaired) electrons. The van der Waals surface area contributed by atoms with Gasteiger partial charge in [-0.2, -0.15) is 0 Å². The lowest BCUT2D eigenvalue weighted by molar-refractivity contribution is 0.117. The van der Waals surface area contributed by atoms with E-state index in [1.165, 1.54) is 6.92 Å². The van der Waals surface area contributed by atoms with Crippen LogP contribution in [0.4, 0.5) is 0 Å². The van der Waals surface area contributed by atoms with E-state index >= 15 is 0 Å². The van der Waals surface area contributed by atoms with Crippen LogP contribution in [0.25, 0.3) is 0 Å². The highest BCUT2D eigenvalue weighted by Gasteiger charge is 2.19. The van der Waals surface area contributed by atoms with Gasteiger partial charge in [0.15, 0.2) is 0 Å². The van der Waals surface area contributed by atoms with E-state index < -0.39 is 40.5 Å². The predicted molar refractivity (Wildman–Crippen MR) is 59.7 cm³/mol. The van der Waals surface area contributed by atoms with E-state index in [0.717, 1.165) is 0 Å². The van der Waals surface area contributed by atoms with Crippen LogP contribution in [0, 0.1) is 0 Å². The predicted octanol–water partition coefficient (Wildman–Crippen LogP) is 0.303. The minimum Gasteiger partial charge on any atom is -0.328 e. The van der Waals surface area contributed by atoms with Crippen LogP contribution in [0.3, 0.4) is 0 Å². The fourth-order valence-electron chi connectivity index (χ4n) is 0.521. The van der Waals surface area contributed by atoms with Gasteiger partial charge in [-0.25, -0.2) is 8.62 Å². The molecule has 17 heavy (non-hydrogen) atoms. The van der Waals surface area contributed by atoms with Crippen molar-refractivity contribution in [3.63, 3.8) is 0 Å². The van der Waals surface area contributed by atoms with Crippen LogP contribution < -0.4 is 0 Å². The highest BCUT2D eigenvalue weighted by atomic mass is 31.2. The first-order chi connectivity index (χ1) is 7.81. The lowest BCUT2D eigenvalue weighted by atomic mass is 10.5. The van der Waals surface area contributed by atoms with Crippen LogP contribution in [0.5, 0.6) is 0 Å². The molecular weight excluding hydrogens is 320 g/mol. The maximum absolute atomic E-state index is 9.00. The number of hydrogen-bond donors (Lipinski definition) is 6. The van der Waals surface area contributed by atoms with Crippen molar-refractivity contribution in [2.45, 2.75) is 13.0 Å². The smallest absolute Gasteiger partial charge is 0.328 e. The van der Waals surface area contributed by atoms with E-state index in [1.807, 2.05) is 0 Å². The van der Waals surface area contributed by atoms with Gasteiger partial charge in [-0.15, -0.1) is 0 Å². The van der Waals surface area contributed by atoms with Crippen molar-refractivity contribution in [3.8, 4) is 0 Å². The fraction of sp³-hybridized carbons (Fsp3) is 1.00. The maximum atomic E-state index is 9.00. The summed E-state index contributed by atoms with van der Waals surface area (Å²) in [6, 6.07) is 0. The van der Waals surface area contributed by atoms with Crippen molar-refractivity contribution in [1.29, 1.82) is 0 Å². The summed E-state index contributed by atoms with van der Waals surface area (Å²) in [4.78, 5) is 51.4. The molecule has 10 nitrogen and oxygen atoms in total. The average molecular weight is 332 g/mol. The van der Waals surface area contributed by atoms with Crippen molar-refractivity contribution < 1.29 is 47.0 Å². The van der Waals surface area contributed by atoms with E-state index in [0.29, 0.717) is 0 Å². The van der Waals surface area contributed by atoms with E-state index in [9.17, 15) is 0 Å². The second kappa shape index (κ2) is 10.1. The molecule has 104 valence electrons. The summed E-state index contributed by atoms with van der Waals surface area (Å²) in [6.07, 6.45) is -0.745. The fourth-order valence-corrected chi connectivity index (χ4v) is 2.57. The molecule has 0 rings (SSSR count). The zero-order valence-electron chi connectivity index (χ0n) is 8.39. The van der Waals surface area contributed by atoms with Gasteiger partial charge in [-0.05, 0) is 6.92 Å². The molecule has 0 saturated heterocycles. The standard InChI is InChI=1S/C3H12O10P4/c1-3(11-17(9)13-15(6)7)2-10-16(8)12-14(4)5/h3-9H,2H2,1H3. The second-order valence-electron chi connectivity index (χ2n) is 2.36. The monoisotopic (exact) mass is 332 g/mol. The third kappa shape index (κ3) is 12.1. The summed E-state index contributed by atoms with van der Waals surface area (Å²) in [7, 11) is -10.4. The molecule has 6 N–H and O–H groups in total. The van der Waals surface area contributed by atoms with Crippen molar-refractivity contribution in [3.05, 3.63) is 0 Å². The highest BCUT2D eigenvalue weighted by molar-refractivity contribution is 7.54. The van der Waals surface area contributed by atoms with Crippen LogP contribution in [0.1, 0.15) is 6.92 Å². The highest BCUT2D eigenvalue weighted by Crippen LogP contribution is 2.48. The molecule has 0 aromatic heterocycles. The van der Waals surface area contributed by atoms with E-state index in [1.54, 1.807) is 0 Å². The van der Waals surface area contributed by atoms with Crippen molar-refractivity contribution >= 4 is 34.4 Å². The summed E-state index contributed by atoms with van der Waals surface area (Å²) >= 11 is 0. The summed E-state index contributed by atoms with van der Waals surface area (Å²) in [6.45, 7) is 1.21. The number of hydrogen-bond acceptors (Lipinski definition) is 10. The summed E-state index contributed by atoms with van der Waals surface area (Å²) in [5.74, 6) is 0. The van der Waals surface area contributed by atoms with Crippen LogP contribution in [-0.4, -0.2) is 42.1 Å². The lowest BCUT2D eigenvalue weighted by Gasteiger charge is -2.17. The van der Waals surface area contributed by atoms with Gasteiger partial charge >= 0.3 is 34.4 Å². The Morgan fingerprint density at radius 3 is 1.82 bits per heavy atom. The van der Waals surface area contributed by atoms with Crippen LogP contribution >= 0.6 is 34.4 Å². The second-order valence-corrected chi connectivity index (χ2v) is 6.09. The molecular formula is C3H12O10P4. The van der Waals surface area contributed by atoms with E-state index in [2.05, 4.69) is 13.1 Å². The van der Waals surface area contributed by atoms with E-state index in [-0.39, 0.29) is 6.61 Å². The Kier molecular flexibility index (Phi) is 10.9. The zero-order valence-corrected chi connectivity index (χ0v) is 12.0.